The van der Waals surface area contributed by atoms with Crippen molar-refractivity contribution < 1.29 is 34.8 Å². The van der Waals surface area contributed by atoms with E-state index < -0.39 is 40.5 Å². The van der Waals surface area contributed by atoms with Crippen molar-refractivity contribution in [3.63, 3.8) is 0 Å². The molecule has 118 valence electrons. The standard InChI is InChI=1S/C14H10N2O7/c17-6-3-8(11(18)9(4-6)14(22)23)12(19)16-10-5-15-2-1-7(10)13(20)21/h1-5,17-18H,(H,16,19)(H,20,21)(H,22,23). The molecule has 1 amide bonds. The molecule has 0 atom stereocenters. The molecule has 2 aromatic rings. The second-order valence-electron chi connectivity index (χ2n) is 4.38. The van der Waals surface area contributed by atoms with Gasteiger partial charge in [-0.15, -0.1) is 0 Å². The van der Waals surface area contributed by atoms with Crippen LogP contribution in [0.25, 0.3) is 0 Å². The summed E-state index contributed by atoms with van der Waals surface area (Å²) in [5, 5.41) is 39.4. The lowest BCUT2D eigenvalue weighted by atomic mass is 10.1. The number of phenols is 2. The van der Waals surface area contributed by atoms with Gasteiger partial charge in [0.25, 0.3) is 5.91 Å². The van der Waals surface area contributed by atoms with Gasteiger partial charge in [0.15, 0.2) is 0 Å². The van der Waals surface area contributed by atoms with Gasteiger partial charge in [0.1, 0.15) is 17.1 Å². The number of anilines is 1. The maximum atomic E-state index is 12.1. The molecule has 0 fully saturated rings. The van der Waals surface area contributed by atoms with Crippen molar-refractivity contribution in [2.75, 3.05) is 5.32 Å². The number of hydrogen-bond donors (Lipinski definition) is 5. The van der Waals surface area contributed by atoms with Crippen LogP contribution >= 0.6 is 0 Å². The molecule has 0 radical (unpaired) electrons. The predicted molar refractivity (Wildman–Crippen MR) is 75.9 cm³/mol. The summed E-state index contributed by atoms with van der Waals surface area (Å²) in [6, 6.07) is 2.79. The van der Waals surface area contributed by atoms with E-state index in [4.69, 9.17) is 10.2 Å². The number of carboxylic acids is 2. The predicted octanol–water partition coefficient (Wildman–Crippen LogP) is 1.14. The van der Waals surface area contributed by atoms with E-state index in [1.54, 1.807) is 0 Å². The number of carbonyl (C=O) groups is 3. The summed E-state index contributed by atoms with van der Waals surface area (Å²) < 4.78 is 0. The number of aromatic nitrogens is 1. The summed E-state index contributed by atoms with van der Waals surface area (Å²) in [7, 11) is 0. The minimum Gasteiger partial charge on any atom is -0.508 e. The van der Waals surface area contributed by atoms with Gasteiger partial charge in [-0.25, -0.2) is 9.59 Å². The third-order valence-electron chi connectivity index (χ3n) is 2.87. The molecule has 0 spiro atoms. The smallest absolute Gasteiger partial charge is 0.339 e. The number of hydrogen-bond acceptors (Lipinski definition) is 6. The number of rotatable bonds is 4. The molecule has 0 bridgehead atoms. The summed E-state index contributed by atoms with van der Waals surface area (Å²) >= 11 is 0. The molecule has 0 aliphatic rings. The van der Waals surface area contributed by atoms with E-state index in [2.05, 4.69) is 10.3 Å². The fourth-order valence-corrected chi connectivity index (χ4v) is 1.83. The van der Waals surface area contributed by atoms with E-state index in [1.165, 1.54) is 6.20 Å². The first-order valence-corrected chi connectivity index (χ1v) is 6.09. The minimum atomic E-state index is -1.54. The summed E-state index contributed by atoms with van der Waals surface area (Å²) in [6.07, 6.45) is 2.30. The van der Waals surface area contributed by atoms with Gasteiger partial charge in [0, 0.05) is 6.20 Å². The van der Waals surface area contributed by atoms with Gasteiger partial charge in [-0.05, 0) is 18.2 Å². The lowest BCUT2D eigenvalue weighted by molar-refractivity contribution is 0.0684. The lowest BCUT2D eigenvalue weighted by Gasteiger charge is -2.10. The molecule has 5 N–H and O–H groups in total. The third kappa shape index (κ3) is 3.18. The number of pyridine rings is 1. The quantitative estimate of drug-likeness (QED) is 0.525. The zero-order chi connectivity index (χ0) is 17.1. The number of aromatic hydroxyl groups is 2. The number of amides is 1. The molecule has 0 unspecified atom stereocenters. The molecule has 1 aromatic heterocycles. The number of carboxylic acid groups (broad SMARTS) is 2. The lowest BCUT2D eigenvalue weighted by Crippen LogP contribution is -2.16. The van der Waals surface area contributed by atoms with Gasteiger partial charge >= 0.3 is 11.9 Å². The number of phenolic OH excluding ortho intramolecular Hbond substituents is 1. The first kappa shape index (κ1) is 15.8. The highest BCUT2D eigenvalue weighted by Crippen LogP contribution is 2.29. The Labute approximate surface area is 128 Å². The van der Waals surface area contributed by atoms with Gasteiger partial charge < -0.3 is 25.7 Å². The summed E-state index contributed by atoms with van der Waals surface area (Å²) in [4.78, 5) is 37.8. The molecule has 0 saturated heterocycles. The van der Waals surface area contributed by atoms with Crippen LogP contribution in [0, 0.1) is 0 Å². The van der Waals surface area contributed by atoms with Crippen LogP contribution in [-0.2, 0) is 0 Å². The van der Waals surface area contributed by atoms with Gasteiger partial charge in [-0.2, -0.15) is 0 Å². The Bertz CT molecular complexity index is 817. The number of benzene rings is 1. The number of carbonyl (C=O) groups excluding carboxylic acids is 1. The summed E-state index contributed by atoms with van der Waals surface area (Å²) in [6.45, 7) is 0. The maximum absolute atomic E-state index is 12.1. The Kier molecular flexibility index (Phi) is 4.12. The zero-order valence-electron chi connectivity index (χ0n) is 11.3. The highest BCUT2D eigenvalue weighted by atomic mass is 16.4. The Balaban J connectivity index is 2.43. The van der Waals surface area contributed by atoms with Crippen molar-refractivity contribution in [3.05, 3.63) is 47.3 Å². The summed E-state index contributed by atoms with van der Waals surface area (Å²) in [5.74, 6) is -5.26. The molecular weight excluding hydrogens is 308 g/mol. The SMILES string of the molecule is O=C(O)c1ccncc1NC(=O)c1cc(O)cc(C(=O)O)c1O. The van der Waals surface area contributed by atoms with Crippen LogP contribution in [-0.4, -0.2) is 43.3 Å². The average Bonchev–Trinajstić information content (AvgIpc) is 2.49. The van der Waals surface area contributed by atoms with Crippen molar-refractivity contribution in [3.8, 4) is 11.5 Å². The number of nitrogens with zero attached hydrogens (tertiary/aromatic N) is 1. The van der Waals surface area contributed by atoms with Gasteiger partial charge in [0.05, 0.1) is 23.0 Å². The van der Waals surface area contributed by atoms with Crippen molar-refractivity contribution in [2.24, 2.45) is 0 Å². The van der Waals surface area contributed by atoms with Crippen LogP contribution in [0.1, 0.15) is 31.1 Å². The molecule has 1 heterocycles. The molecule has 23 heavy (non-hydrogen) atoms. The Morgan fingerprint density at radius 3 is 2.17 bits per heavy atom. The monoisotopic (exact) mass is 318 g/mol. The molecule has 9 heteroatoms. The first-order valence-electron chi connectivity index (χ1n) is 6.09. The van der Waals surface area contributed by atoms with E-state index >= 15 is 0 Å². The highest BCUT2D eigenvalue weighted by molar-refractivity contribution is 6.10. The summed E-state index contributed by atoms with van der Waals surface area (Å²) in [5.41, 5.74) is -1.58. The largest absolute Gasteiger partial charge is 0.508 e. The van der Waals surface area contributed by atoms with Crippen molar-refractivity contribution in [2.45, 2.75) is 0 Å². The topological polar surface area (TPSA) is 157 Å². The van der Waals surface area contributed by atoms with Crippen LogP contribution in [0.3, 0.4) is 0 Å². The van der Waals surface area contributed by atoms with E-state index in [0.717, 1.165) is 24.4 Å². The number of aromatic carboxylic acids is 2. The van der Waals surface area contributed by atoms with E-state index in [0.29, 0.717) is 0 Å². The molecular formula is C14H10N2O7. The fraction of sp³-hybridized carbons (Fsp3) is 0. The molecule has 0 aliphatic carbocycles. The maximum Gasteiger partial charge on any atom is 0.339 e. The van der Waals surface area contributed by atoms with Crippen LogP contribution in [0.5, 0.6) is 11.5 Å². The molecule has 2 rings (SSSR count). The van der Waals surface area contributed by atoms with Gasteiger partial charge in [0.2, 0.25) is 0 Å². The van der Waals surface area contributed by atoms with Gasteiger partial charge in [-0.1, -0.05) is 0 Å². The molecule has 1 aromatic carbocycles. The van der Waals surface area contributed by atoms with Crippen LogP contribution in [0.15, 0.2) is 30.6 Å². The van der Waals surface area contributed by atoms with E-state index in [1.807, 2.05) is 0 Å². The van der Waals surface area contributed by atoms with Crippen molar-refractivity contribution in [1.82, 2.24) is 4.98 Å². The van der Waals surface area contributed by atoms with Crippen molar-refractivity contribution >= 4 is 23.5 Å². The Hall–Kier alpha value is -3.62. The first-order chi connectivity index (χ1) is 10.8. The Morgan fingerprint density at radius 1 is 0.957 bits per heavy atom. The second-order valence-corrected chi connectivity index (χ2v) is 4.38. The Morgan fingerprint density at radius 2 is 1.57 bits per heavy atom. The van der Waals surface area contributed by atoms with E-state index in [9.17, 15) is 24.6 Å². The van der Waals surface area contributed by atoms with Crippen LogP contribution < -0.4 is 5.32 Å². The average molecular weight is 318 g/mol. The van der Waals surface area contributed by atoms with Crippen molar-refractivity contribution in [1.29, 1.82) is 0 Å². The molecule has 9 nitrogen and oxygen atoms in total. The fourth-order valence-electron chi connectivity index (χ4n) is 1.83. The molecule has 0 aliphatic heterocycles. The normalized spacial score (nSPS) is 10.1. The zero-order valence-corrected chi connectivity index (χ0v) is 11.3. The highest BCUT2D eigenvalue weighted by Gasteiger charge is 2.21. The van der Waals surface area contributed by atoms with Crippen LogP contribution in [0.4, 0.5) is 5.69 Å². The minimum absolute atomic E-state index is 0.149. The molecule has 0 saturated carbocycles. The van der Waals surface area contributed by atoms with E-state index in [-0.39, 0.29) is 11.3 Å². The third-order valence-corrected chi connectivity index (χ3v) is 2.87. The second kappa shape index (κ2) is 6.02. The van der Waals surface area contributed by atoms with Gasteiger partial charge in [-0.3, -0.25) is 9.78 Å². The number of nitrogens with one attached hydrogen (secondary N) is 1. The van der Waals surface area contributed by atoms with Crippen LogP contribution in [0.2, 0.25) is 0 Å².